The molecule has 0 unspecified atom stereocenters. The summed E-state index contributed by atoms with van der Waals surface area (Å²) < 4.78 is 6.01. The fraction of sp³-hybridized carbons (Fsp3) is 0.643. The minimum absolute atomic E-state index is 0.0476. The maximum atomic E-state index is 11.7. The second-order valence-corrected chi connectivity index (χ2v) is 5.25. The second-order valence-electron chi connectivity index (χ2n) is 5.25. The van der Waals surface area contributed by atoms with Crippen molar-refractivity contribution in [1.82, 2.24) is 20.2 Å². The van der Waals surface area contributed by atoms with Crippen molar-refractivity contribution >= 4 is 5.91 Å². The zero-order chi connectivity index (χ0) is 13.9. The topological polar surface area (TPSA) is 67.4 Å². The van der Waals surface area contributed by atoms with Crippen LogP contribution in [0.3, 0.4) is 0 Å². The zero-order valence-corrected chi connectivity index (χ0v) is 11.8. The standard InChI is InChI=1S/C14H20N4O2/c1-2-13(19)18-6-4-10(8-18)20-14-11-7-15-5-3-12(11)16-9-17-14/h9-10,15H,2-8H2,1H3/t10-/m0/s1. The molecule has 20 heavy (non-hydrogen) atoms. The van der Waals surface area contributed by atoms with Crippen LogP contribution in [0.4, 0.5) is 0 Å². The molecule has 0 aliphatic carbocycles. The van der Waals surface area contributed by atoms with Gasteiger partial charge in [0.1, 0.15) is 12.4 Å². The molecule has 3 rings (SSSR count). The number of carbonyl (C=O) groups excluding carboxylic acids is 1. The van der Waals surface area contributed by atoms with Crippen LogP contribution in [0.1, 0.15) is 31.0 Å². The average Bonchev–Trinajstić information content (AvgIpc) is 2.95. The molecule has 2 aliphatic heterocycles. The molecule has 6 heteroatoms. The number of hydrogen-bond donors (Lipinski definition) is 1. The number of nitrogens with zero attached hydrogens (tertiary/aromatic N) is 3. The van der Waals surface area contributed by atoms with Gasteiger partial charge in [0.2, 0.25) is 11.8 Å². The third kappa shape index (κ3) is 2.60. The summed E-state index contributed by atoms with van der Waals surface area (Å²) in [6, 6.07) is 0. The number of likely N-dealkylation sites (tertiary alicyclic amines) is 1. The van der Waals surface area contributed by atoms with E-state index in [0.717, 1.165) is 43.7 Å². The minimum atomic E-state index is 0.0476. The first-order valence-corrected chi connectivity index (χ1v) is 7.25. The van der Waals surface area contributed by atoms with Gasteiger partial charge in [0.15, 0.2) is 0 Å². The maximum absolute atomic E-state index is 11.7. The van der Waals surface area contributed by atoms with E-state index in [1.165, 1.54) is 0 Å². The number of nitrogens with one attached hydrogen (secondary N) is 1. The number of aromatic nitrogens is 2. The van der Waals surface area contributed by atoms with Crippen LogP contribution in [0.2, 0.25) is 0 Å². The molecule has 0 bridgehead atoms. The monoisotopic (exact) mass is 276 g/mol. The van der Waals surface area contributed by atoms with Crippen LogP contribution in [0.25, 0.3) is 0 Å². The summed E-state index contributed by atoms with van der Waals surface area (Å²) >= 11 is 0. The minimum Gasteiger partial charge on any atom is -0.472 e. The Morgan fingerprint density at radius 1 is 1.55 bits per heavy atom. The SMILES string of the molecule is CCC(=O)N1CC[C@H](Oc2ncnc3c2CNCC3)C1. The number of fused-ring (bicyclic) bond motifs is 1. The predicted octanol–water partition coefficient (Wildman–Crippen LogP) is 0.512. The summed E-state index contributed by atoms with van der Waals surface area (Å²) in [5.41, 5.74) is 2.15. The first-order valence-electron chi connectivity index (χ1n) is 7.25. The van der Waals surface area contributed by atoms with E-state index < -0.39 is 0 Å². The van der Waals surface area contributed by atoms with Crippen LogP contribution < -0.4 is 10.1 Å². The van der Waals surface area contributed by atoms with Gasteiger partial charge in [-0.3, -0.25) is 4.79 Å². The van der Waals surface area contributed by atoms with E-state index in [4.69, 9.17) is 4.74 Å². The van der Waals surface area contributed by atoms with Crippen LogP contribution in [0, 0.1) is 0 Å². The normalized spacial score (nSPS) is 21.6. The molecule has 3 heterocycles. The molecule has 1 amide bonds. The number of carbonyl (C=O) groups is 1. The quantitative estimate of drug-likeness (QED) is 0.871. The van der Waals surface area contributed by atoms with Gasteiger partial charge in [-0.2, -0.15) is 0 Å². The first-order chi connectivity index (χ1) is 9.78. The van der Waals surface area contributed by atoms with Crippen molar-refractivity contribution in [1.29, 1.82) is 0 Å². The smallest absolute Gasteiger partial charge is 0.222 e. The summed E-state index contributed by atoms with van der Waals surface area (Å²) in [6.07, 6.45) is 3.96. The summed E-state index contributed by atoms with van der Waals surface area (Å²) in [7, 11) is 0. The largest absolute Gasteiger partial charge is 0.472 e. The third-order valence-corrected chi connectivity index (χ3v) is 3.91. The van der Waals surface area contributed by atoms with Crippen LogP contribution in [-0.4, -0.2) is 46.5 Å². The van der Waals surface area contributed by atoms with E-state index in [1.807, 2.05) is 11.8 Å². The lowest BCUT2D eigenvalue weighted by Crippen LogP contribution is -2.31. The molecule has 108 valence electrons. The molecular formula is C14H20N4O2. The van der Waals surface area contributed by atoms with Crippen molar-refractivity contribution < 1.29 is 9.53 Å². The fourth-order valence-electron chi connectivity index (χ4n) is 2.78. The molecule has 1 aromatic heterocycles. The highest BCUT2D eigenvalue weighted by Crippen LogP contribution is 2.24. The average molecular weight is 276 g/mol. The highest BCUT2D eigenvalue weighted by Gasteiger charge is 2.28. The second kappa shape index (κ2) is 5.75. The van der Waals surface area contributed by atoms with Crippen molar-refractivity contribution in [3.8, 4) is 5.88 Å². The van der Waals surface area contributed by atoms with E-state index in [0.29, 0.717) is 18.8 Å². The fourth-order valence-corrected chi connectivity index (χ4v) is 2.78. The molecule has 1 N–H and O–H groups in total. The lowest BCUT2D eigenvalue weighted by atomic mass is 10.1. The van der Waals surface area contributed by atoms with Gasteiger partial charge in [-0.1, -0.05) is 6.92 Å². The maximum Gasteiger partial charge on any atom is 0.222 e. The lowest BCUT2D eigenvalue weighted by Gasteiger charge is -2.21. The van der Waals surface area contributed by atoms with E-state index in [2.05, 4.69) is 15.3 Å². The van der Waals surface area contributed by atoms with Crippen LogP contribution in [0.15, 0.2) is 6.33 Å². The van der Waals surface area contributed by atoms with Crippen molar-refractivity contribution in [2.75, 3.05) is 19.6 Å². The predicted molar refractivity (Wildman–Crippen MR) is 73.3 cm³/mol. The number of hydrogen-bond acceptors (Lipinski definition) is 5. The van der Waals surface area contributed by atoms with Crippen molar-refractivity contribution in [3.63, 3.8) is 0 Å². The van der Waals surface area contributed by atoms with Gasteiger partial charge in [-0.25, -0.2) is 9.97 Å². The van der Waals surface area contributed by atoms with Gasteiger partial charge in [-0.05, 0) is 0 Å². The molecule has 1 atom stereocenters. The Labute approximate surface area is 118 Å². The van der Waals surface area contributed by atoms with Crippen LogP contribution in [0.5, 0.6) is 5.88 Å². The van der Waals surface area contributed by atoms with Crippen molar-refractivity contribution in [2.45, 2.75) is 38.8 Å². The Bertz CT molecular complexity index is 506. The third-order valence-electron chi connectivity index (χ3n) is 3.91. The van der Waals surface area contributed by atoms with E-state index in [-0.39, 0.29) is 12.0 Å². The molecule has 6 nitrogen and oxygen atoms in total. The van der Waals surface area contributed by atoms with Gasteiger partial charge < -0.3 is 15.0 Å². The summed E-state index contributed by atoms with van der Waals surface area (Å²) in [5.74, 6) is 0.875. The molecule has 1 saturated heterocycles. The Morgan fingerprint density at radius 2 is 2.45 bits per heavy atom. The van der Waals surface area contributed by atoms with Gasteiger partial charge >= 0.3 is 0 Å². The van der Waals surface area contributed by atoms with Gasteiger partial charge in [-0.15, -0.1) is 0 Å². The Hall–Kier alpha value is -1.69. The first kappa shape index (κ1) is 13.3. The Balaban J connectivity index is 1.69. The molecule has 0 saturated carbocycles. The molecule has 1 fully saturated rings. The molecule has 2 aliphatic rings. The molecule has 0 radical (unpaired) electrons. The zero-order valence-electron chi connectivity index (χ0n) is 11.8. The Kier molecular flexibility index (Phi) is 3.82. The van der Waals surface area contributed by atoms with Crippen molar-refractivity contribution in [3.05, 3.63) is 17.6 Å². The van der Waals surface area contributed by atoms with E-state index in [1.54, 1.807) is 6.33 Å². The lowest BCUT2D eigenvalue weighted by molar-refractivity contribution is -0.130. The molecular weight excluding hydrogens is 256 g/mol. The van der Waals surface area contributed by atoms with Crippen molar-refractivity contribution in [2.24, 2.45) is 0 Å². The summed E-state index contributed by atoms with van der Waals surface area (Å²) in [4.78, 5) is 22.1. The summed E-state index contributed by atoms with van der Waals surface area (Å²) in [5, 5.41) is 3.32. The van der Waals surface area contributed by atoms with Gasteiger partial charge in [0.05, 0.1) is 12.2 Å². The molecule has 0 spiro atoms. The molecule has 1 aromatic rings. The number of amides is 1. The summed E-state index contributed by atoms with van der Waals surface area (Å²) in [6.45, 7) is 5.05. The van der Waals surface area contributed by atoms with E-state index in [9.17, 15) is 4.79 Å². The van der Waals surface area contributed by atoms with Gasteiger partial charge in [0, 0.05) is 44.5 Å². The Morgan fingerprint density at radius 3 is 3.30 bits per heavy atom. The van der Waals surface area contributed by atoms with Crippen LogP contribution >= 0.6 is 0 Å². The highest BCUT2D eigenvalue weighted by molar-refractivity contribution is 5.76. The van der Waals surface area contributed by atoms with Crippen LogP contribution in [-0.2, 0) is 17.8 Å². The van der Waals surface area contributed by atoms with Gasteiger partial charge in [0.25, 0.3) is 0 Å². The highest BCUT2D eigenvalue weighted by atomic mass is 16.5. The van der Waals surface area contributed by atoms with E-state index >= 15 is 0 Å². The number of ether oxygens (including phenoxy) is 1. The molecule has 0 aromatic carbocycles. The number of rotatable bonds is 3.